The molecule has 1 atom stereocenters. The molecule has 1 N–H and O–H groups in total. The number of carbonyl (C=O) groups excluding carboxylic acids is 1. The van der Waals surface area contributed by atoms with Crippen LogP contribution in [0, 0.1) is 0 Å². The first kappa shape index (κ1) is 19.9. The smallest absolute Gasteiger partial charge is 0.251 e. The van der Waals surface area contributed by atoms with Gasteiger partial charge in [-0.25, -0.2) is 16.8 Å². The second-order valence-electron chi connectivity index (χ2n) is 6.51. The Bertz CT molecular complexity index is 815. The summed E-state index contributed by atoms with van der Waals surface area (Å²) in [6.45, 7) is 1.40. The molecule has 25 heavy (non-hydrogen) atoms. The highest BCUT2D eigenvalue weighted by Crippen LogP contribution is 2.25. The van der Waals surface area contributed by atoms with Crippen molar-refractivity contribution in [3.8, 4) is 0 Å². The molecule has 1 saturated heterocycles. The Labute approximate surface area is 149 Å². The van der Waals surface area contributed by atoms with E-state index in [2.05, 4.69) is 5.32 Å². The van der Waals surface area contributed by atoms with Gasteiger partial charge in [0.05, 0.1) is 21.7 Å². The molecular weight excluding hydrogens is 364 g/mol. The SMILES string of the molecule is CN(C)CCCNC(=O)c1ccc(S(=O)(=O)[C@@H]2CCS(=O)(=O)C2)cc1. The summed E-state index contributed by atoms with van der Waals surface area (Å²) in [6, 6.07) is 5.65. The highest BCUT2D eigenvalue weighted by molar-refractivity contribution is 7.96. The predicted molar refractivity (Wildman–Crippen MR) is 96.2 cm³/mol. The van der Waals surface area contributed by atoms with Gasteiger partial charge in [0.1, 0.15) is 0 Å². The fourth-order valence-electron chi connectivity index (χ4n) is 2.69. The third-order valence-electron chi connectivity index (χ3n) is 4.14. The first-order valence-electron chi connectivity index (χ1n) is 8.09. The maximum absolute atomic E-state index is 12.5. The Kier molecular flexibility index (Phi) is 6.23. The Morgan fingerprint density at radius 1 is 1.24 bits per heavy atom. The van der Waals surface area contributed by atoms with Crippen LogP contribution in [-0.4, -0.2) is 71.6 Å². The van der Waals surface area contributed by atoms with Crippen LogP contribution in [0.5, 0.6) is 0 Å². The van der Waals surface area contributed by atoms with E-state index in [-0.39, 0.29) is 28.7 Å². The highest BCUT2D eigenvalue weighted by atomic mass is 32.2. The van der Waals surface area contributed by atoms with Crippen LogP contribution in [0.15, 0.2) is 29.2 Å². The van der Waals surface area contributed by atoms with Crippen LogP contribution < -0.4 is 5.32 Å². The zero-order valence-electron chi connectivity index (χ0n) is 14.4. The molecule has 1 aliphatic heterocycles. The number of hydrogen-bond acceptors (Lipinski definition) is 6. The van der Waals surface area contributed by atoms with Crippen LogP contribution in [0.1, 0.15) is 23.2 Å². The largest absolute Gasteiger partial charge is 0.352 e. The molecule has 0 bridgehead atoms. The molecule has 0 aromatic heterocycles. The lowest BCUT2D eigenvalue weighted by molar-refractivity contribution is 0.0952. The molecule has 0 spiro atoms. The van der Waals surface area contributed by atoms with Crippen molar-refractivity contribution in [1.29, 1.82) is 0 Å². The summed E-state index contributed by atoms with van der Waals surface area (Å²) in [7, 11) is -3.06. The quantitative estimate of drug-likeness (QED) is 0.676. The van der Waals surface area contributed by atoms with Gasteiger partial charge in [-0.1, -0.05) is 0 Å². The standard InChI is InChI=1S/C16H24N2O5S2/c1-18(2)10-3-9-17-16(19)13-4-6-14(7-5-13)25(22,23)15-8-11-24(20,21)12-15/h4-7,15H,3,8-12H2,1-2H3,(H,17,19)/t15-/m1/s1. The molecule has 1 aliphatic rings. The van der Waals surface area contributed by atoms with E-state index in [1.807, 2.05) is 19.0 Å². The third kappa shape index (κ3) is 5.26. The van der Waals surface area contributed by atoms with Crippen LogP contribution in [0.2, 0.25) is 0 Å². The van der Waals surface area contributed by atoms with Gasteiger partial charge < -0.3 is 10.2 Å². The van der Waals surface area contributed by atoms with E-state index in [1.165, 1.54) is 24.3 Å². The molecule has 7 nitrogen and oxygen atoms in total. The molecule has 1 heterocycles. The van der Waals surface area contributed by atoms with Gasteiger partial charge in [-0.15, -0.1) is 0 Å². The van der Waals surface area contributed by atoms with E-state index in [4.69, 9.17) is 0 Å². The van der Waals surface area contributed by atoms with Crippen molar-refractivity contribution in [3.63, 3.8) is 0 Å². The second kappa shape index (κ2) is 7.84. The van der Waals surface area contributed by atoms with Gasteiger partial charge in [-0.3, -0.25) is 4.79 Å². The Morgan fingerprint density at radius 3 is 2.40 bits per heavy atom. The van der Waals surface area contributed by atoms with Gasteiger partial charge in [0.2, 0.25) is 0 Å². The van der Waals surface area contributed by atoms with Crippen LogP contribution in [0.25, 0.3) is 0 Å². The number of nitrogens with one attached hydrogen (secondary N) is 1. The van der Waals surface area contributed by atoms with Crippen LogP contribution in [0.3, 0.4) is 0 Å². The molecule has 0 radical (unpaired) electrons. The normalized spacial score (nSPS) is 19.9. The zero-order chi connectivity index (χ0) is 18.7. The zero-order valence-corrected chi connectivity index (χ0v) is 16.1. The fraction of sp³-hybridized carbons (Fsp3) is 0.562. The summed E-state index contributed by atoms with van der Waals surface area (Å²) in [5, 5.41) is 1.88. The van der Waals surface area contributed by atoms with Gasteiger partial charge >= 0.3 is 0 Å². The van der Waals surface area contributed by atoms with Gasteiger partial charge in [-0.05, 0) is 57.7 Å². The first-order valence-corrected chi connectivity index (χ1v) is 11.5. The number of hydrogen-bond donors (Lipinski definition) is 1. The van der Waals surface area contributed by atoms with E-state index in [1.54, 1.807) is 0 Å². The Balaban J connectivity index is 2.00. The second-order valence-corrected chi connectivity index (χ2v) is 11.0. The summed E-state index contributed by atoms with van der Waals surface area (Å²) < 4.78 is 48.0. The lowest BCUT2D eigenvalue weighted by atomic mass is 10.2. The summed E-state index contributed by atoms with van der Waals surface area (Å²) in [4.78, 5) is 14.1. The molecule has 140 valence electrons. The molecule has 0 unspecified atom stereocenters. The predicted octanol–water partition coefficient (Wildman–Crippen LogP) is 0.329. The van der Waals surface area contributed by atoms with Crippen molar-refractivity contribution in [2.75, 3.05) is 38.7 Å². The molecular formula is C16H24N2O5S2. The van der Waals surface area contributed by atoms with Crippen LogP contribution in [-0.2, 0) is 19.7 Å². The molecule has 2 rings (SSSR count). The monoisotopic (exact) mass is 388 g/mol. The molecule has 9 heteroatoms. The van der Waals surface area contributed by atoms with Crippen LogP contribution in [0.4, 0.5) is 0 Å². The summed E-state index contributed by atoms with van der Waals surface area (Å²) in [6.07, 6.45) is 0.945. The topological polar surface area (TPSA) is 101 Å². The van der Waals surface area contributed by atoms with Crippen LogP contribution >= 0.6 is 0 Å². The number of amides is 1. The summed E-state index contributed by atoms with van der Waals surface area (Å²) >= 11 is 0. The van der Waals surface area contributed by atoms with Crippen molar-refractivity contribution < 1.29 is 21.6 Å². The van der Waals surface area contributed by atoms with Crippen molar-refractivity contribution in [2.45, 2.75) is 23.0 Å². The van der Waals surface area contributed by atoms with E-state index in [0.29, 0.717) is 12.1 Å². The molecule has 0 aliphatic carbocycles. The molecule has 1 aromatic carbocycles. The van der Waals surface area contributed by atoms with E-state index >= 15 is 0 Å². The maximum Gasteiger partial charge on any atom is 0.251 e. The van der Waals surface area contributed by atoms with Gasteiger partial charge in [0.15, 0.2) is 19.7 Å². The van der Waals surface area contributed by atoms with Crippen molar-refractivity contribution in [2.24, 2.45) is 0 Å². The number of rotatable bonds is 7. The number of sulfone groups is 2. The minimum absolute atomic E-state index is 0.0544. The Morgan fingerprint density at radius 2 is 1.88 bits per heavy atom. The van der Waals surface area contributed by atoms with Gasteiger partial charge in [-0.2, -0.15) is 0 Å². The first-order chi connectivity index (χ1) is 11.6. The molecule has 1 fully saturated rings. The molecule has 1 aromatic rings. The minimum Gasteiger partial charge on any atom is -0.352 e. The lowest BCUT2D eigenvalue weighted by Crippen LogP contribution is -2.27. The number of benzene rings is 1. The van der Waals surface area contributed by atoms with Gasteiger partial charge in [0.25, 0.3) is 5.91 Å². The summed E-state index contributed by atoms with van der Waals surface area (Å²) in [5.74, 6) is -0.681. The average Bonchev–Trinajstić information content (AvgIpc) is 2.92. The number of carbonyl (C=O) groups is 1. The third-order valence-corrected chi connectivity index (χ3v) is 8.33. The lowest BCUT2D eigenvalue weighted by Gasteiger charge is -2.11. The van der Waals surface area contributed by atoms with E-state index < -0.39 is 24.9 Å². The maximum atomic E-state index is 12.5. The molecule has 0 saturated carbocycles. The number of nitrogens with zero attached hydrogens (tertiary/aromatic N) is 1. The fourth-order valence-corrected chi connectivity index (χ4v) is 7.05. The minimum atomic E-state index is -3.70. The average molecular weight is 389 g/mol. The Hall–Kier alpha value is -1.45. The van der Waals surface area contributed by atoms with E-state index in [9.17, 15) is 21.6 Å². The van der Waals surface area contributed by atoms with Crippen molar-refractivity contribution in [3.05, 3.63) is 29.8 Å². The summed E-state index contributed by atoms with van der Waals surface area (Å²) in [5.41, 5.74) is 0.378. The van der Waals surface area contributed by atoms with E-state index in [0.717, 1.165) is 13.0 Å². The van der Waals surface area contributed by atoms with Crippen molar-refractivity contribution >= 4 is 25.6 Å². The van der Waals surface area contributed by atoms with Crippen molar-refractivity contribution in [1.82, 2.24) is 10.2 Å². The van der Waals surface area contributed by atoms with Gasteiger partial charge in [0, 0.05) is 12.1 Å². The molecule has 1 amide bonds. The highest BCUT2D eigenvalue weighted by Gasteiger charge is 2.37.